The third-order valence-electron chi connectivity index (χ3n) is 1.22. The van der Waals surface area contributed by atoms with E-state index in [0.717, 1.165) is 6.29 Å². The predicted octanol–water partition coefficient (Wildman–Crippen LogP) is -0.225. The van der Waals surface area contributed by atoms with Crippen molar-refractivity contribution in [3.05, 3.63) is 0 Å². The van der Waals surface area contributed by atoms with Crippen LogP contribution in [0.4, 0.5) is 0 Å². The van der Waals surface area contributed by atoms with Crippen molar-refractivity contribution in [2.24, 2.45) is 0 Å². The van der Waals surface area contributed by atoms with Crippen molar-refractivity contribution in [2.45, 2.75) is 0 Å². The number of hydrogen-bond donors (Lipinski definition) is 2. The molecule has 5 nitrogen and oxygen atoms in total. The van der Waals surface area contributed by atoms with Gasteiger partial charge in [-0.05, 0) is 14.1 Å². The van der Waals surface area contributed by atoms with Gasteiger partial charge in [-0.3, -0.25) is 14.4 Å². The van der Waals surface area contributed by atoms with E-state index in [4.69, 9.17) is 9.79 Å². The fraction of sp³-hybridized carbons (Fsp3) is 1.00. The largest absolute Gasteiger partial charge is 0.339 e. The minimum Gasteiger partial charge on any atom is -0.324 e. The van der Waals surface area contributed by atoms with Gasteiger partial charge in [0.15, 0.2) is 0 Å². The summed E-state index contributed by atoms with van der Waals surface area (Å²) in [5.41, 5.74) is 0. The Bertz CT molecular complexity index is 172. The van der Waals surface area contributed by atoms with Gasteiger partial charge in [-0.2, -0.15) is 0 Å². The van der Waals surface area contributed by atoms with Gasteiger partial charge >= 0.3 is 7.60 Å². The molecule has 0 amide bonds. The summed E-state index contributed by atoms with van der Waals surface area (Å²) in [5.74, 6) is 0. The molecule has 12 heavy (non-hydrogen) atoms. The van der Waals surface area contributed by atoms with Gasteiger partial charge in [0.1, 0.15) is 6.29 Å². The maximum Gasteiger partial charge on any atom is 0.339 e. The fourth-order valence-corrected chi connectivity index (χ4v) is 1.66. The molecule has 0 aliphatic heterocycles. The summed E-state index contributed by atoms with van der Waals surface area (Å²) in [4.78, 5) is 20.8. The van der Waals surface area contributed by atoms with Crippen molar-refractivity contribution in [2.75, 3.05) is 33.3 Å². The summed E-state index contributed by atoms with van der Waals surface area (Å²) in [5, 5.41) is 0. The van der Waals surface area contributed by atoms with Crippen LogP contribution >= 0.6 is 16.8 Å². The van der Waals surface area contributed by atoms with Gasteiger partial charge in [-0.25, -0.2) is 0 Å². The van der Waals surface area contributed by atoms with Crippen LogP contribution in [0.5, 0.6) is 0 Å². The van der Waals surface area contributed by atoms with Crippen LogP contribution in [0.25, 0.3) is 0 Å². The highest BCUT2D eigenvalue weighted by Gasteiger charge is 2.16. The third kappa shape index (κ3) is 7.17. The van der Waals surface area contributed by atoms with Crippen LogP contribution < -0.4 is 0 Å². The molecule has 0 aromatic rings. The molecule has 0 heterocycles. The normalized spacial score (nSPS) is 12.9. The molecule has 0 aromatic heterocycles. The molecule has 0 radical (unpaired) electrons. The molecule has 1 unspecified atom stereocenters. The Labute approximate surface area is 75.1 Å². The second kappa shape index (κ2) is 5.28. The molecule has 0 aliphatic carbocycles. The molecule has 0 aromatic carbocycles. The summed E-state index contributed by atoms with van der Waals surface area (Å²) in [6.45, 7) is 0.550. The smallest absolute Gasteiger partial charge is 0.324 e. The maximum atomic E-state index is 10.5. The van der Waals surface area contributed by atoms with E-state index >= 15 is 0 Å². The summed E-state index contributed by atoms with van der Waals surface area (Å²) in [6, 6.07) is 0. The first kappa shape index (κ1) is 12.5. The van der Waals surface area contributed by atoms with Crippen molar-refractivity contribution in [1.82, 2.24) is 9.80 Å². The first-order valence-electron chi connectivity index (χ1n) is 3.47. The highest BCUT2D eigenvalue weighted by Crippen LogP contribution is 2.34. The minimum atomic E-state index is -3.90. The van der Waals surface area contributed by atoms with Crippen molar-refractivity contribution in [1.29, 1.82) is 0 Å². The van der Waals surface area contributed by atoms with Gasteiger partial charge in [0.05, 0.1) is 6.67 Å². The van der Waals surface area contributed by atoms with E-state index in [2.05, 4.69) is 9.24 Å². The van der Waals surface area contributed by atoms with Gasteiger partial charge in [-0.15, -0.1) is 9.24 Å². The molecule has 0 fully saturated rings. The molecular formula is C5H16N2O3P2. The molecule has 0 spiro atoms. The lowest BCUT2D eigenvalue weighted by Gasteiger charge is -2.23. The molecule has 1 atom stereocenters. The highest BCUT2D eigenvalue weighted by molar-refractivity contribution is 7.51. The first-order chi connectivity index (χ1) is 5.35. The van der Waals surface area contributed by atoms with Crippen molar-refractivity contribution in [3.63, 3.8) is 0 Å². The van der Waals surface area contributed by atoms with E-state index in [0.29, 0.717) is 6.67 Å². The molecule has 2 N–H and O–H groups in total. The van der Waals surface area contributed by atoms with Crippen LogP contribution in [0.15, 0.2) is 0 Å². The SMILES string of the molecule is CN(CP)CN(C)CP(=O)(O)O. The topological polar surface area (TPSA) is 64.0 Å². The van der Waals surface area contributed by atoms with E-state index in [1.54, 1.807) is 11.9 Å². The van der Waals surface area contributed by atoms with Crippen LogP contribution in [0.2, 0.25) is 0 Å². The van der Waals surface area contributed by atoms with E-state index < -0.39 is 7.60 Å². The summed E-state index contributed by atoms with van der Waals surface area (Å²) in [7, 11) is 2.20. The van der Waals surface area contributed by atoms with Crippen LogP contribution in [0, 0.1) is 0 Å². The zero-order valence-electron chi connectivity index (χ0n) is 7.34. The molecule has 0 saturated carbocycles. The zero-order chi connectivity index (χ0) is 9.78. The molecule has 0 saturated heterocycles. The zero-order valence-corrected chi connectivity index (χ0v) is 9.39. The lowest BCUT2D eigenvalue weighted by atomic mass is 10.8. The van der Waals surface area contributed by atoms with Crippen LogP contribution in [-0.2, 0) is 4.57 Å². The van der Waals surface area contributed by atoms with Crippen LogP contribution in [0.1, 0.15) is 0 Å². The van der Waals surface area contributed by atoms with E-state index in [1.165, 1.54) is 0 Å². The average Bonchev–Trinajstić information content (AvgIpc) is 1.82. The van der Waals surface area contributed by atoms with E-state index in [-0.39, 0.29) is 6.29 Å². The van der Waals surface area contributed by atoms with Crippen LogP contribution in [-0.4, -0.2) is 52.9 Å². The number of rotatable bonds is 5. The monoisotopic (exact) mass is 214 g/mol. The Hall–Kier alpha value is 0.500. The molecule has 74 valence electrons. The molecule has 7 heteroatoms. The van der Waals surface area contributed by atoms with Gasteiger partial charge in [-0.1, -0.05) is 0 Å². The predicted molar refractivity (Wildman–Crippen MR) is 51.9 cm³/mol. The Morgan fingerprint density at radius 2 is 1.83 bits per heavy atom. The van der Waals surface area contributed by atoms with E-state index in [1.807, 2.05) is 11.9 Å². The van der Waals surface area contributed by atoms with Crippen molar-refractivity contribution >= 4 is 16.8 Å². The summed E-state index contributed by atoms with van der Waals surface area (Å²) in [6.07, 6.45) is 0.591. The van der Waals surface area contributed by atoms with Gasteiger partial charge in [0.2, 0.25) is 0 Å². The Balaban J connectivity index is 3.74. The average molecular weight is 214 g/mol. The Kier molecular flexibility index (Phi) is 5.50. The van der Waals surface area contributed by atoms with Crippen LogP contribution in [0.3, 0.4) is 0 Å². The van der Waals surface area contributed by atoms with E-state index in [9.17, 15) is 4.57 Å². The molecular weight excluding hydrogens is 198 g/mol. The van der Waals surface area contributed by atoms with Gasteiger partial charge in [0, 0.05) is 6.29 Å². The lowest BCUT2D eigenvalue weighted by Crippen LogP contribution is -2.32. The first-order valence-corrected chi connectivity index (χ1v) is 6.08. The minimum absolute atomic E-state index is 0.192. The molecule has 0 bridgehead atoms. The lowest BCUT2D eigenvalue weighted by molar-refractivity contribution is 0.214. The van der Waals surface area contributed by atoms with Crippen molar-refractivity contribution < 1.29 is 14.4 Å². The highest BCUT2D eigenvalue weighted by atomic mass is 31.2. The third-order valence-corrected chi connectivity index (χ3v) is 2.69. The van der Waals surface area contributed by atoms with Gasteiger partial charge in [0.25, 0.3) is 0 Å². The van der Waals surface area contributed by atoms with Crippen molar-refractivity contribution in [3.8, 4) is 0 Å². The Morgan fingerprint density at radius 1 is 1.33 bits per heavy atom. The quantitative estimate of drug-likeness (QED) is 0.489. The molecule has 0 aliphatic rings. The maximum absolute atomic E-state index is 10.5. The summed E-state index contributed by atoms with van der Waals surface area (Å²) < 4.78 is 10.5. The number of hydrogen-bond acceptors (Lipinski definition) is 3. The summed E-state index contributed by atoms with van der Waals surface area (Å²) >= 11 is 0. The number of nitrogens with zero attached hydrogens (tertiary/aromatic N) is 2. The Morgan fingerprint density at radius 3 is 2.17 bits per heavy atom. The van der Waals surface area contributed by atoms with Gasteiger partial charge < -0.3 is 9.79 Å². The standard InChI is InChI=1S/C5H16N2O3P2/c1-6(4-11)3-7(2)5-12(8,9)10/h3-5,11H2,1-2H3,(H2,8,9,10). The second-order valence-electron chi connectivity index (χ2n) is 2.84. The molecule has 0 rings (SSSR count). The second-order valence-corrected chi connectivity index (χ2v) is 4.82. The fourth-order valence-electron chi connectivity index (χ4n) is 0.829.